The Labute approximate surface area is 216 Å². The van der Waals surface area contributed by atoms with Crippen molar-refractivity contribution < 1.29 is 14.3 Å². The fourth-order valence-electron chi connectivity index (χ4n) is 5.75. The van der Waals surface area contributed by atoms with Gasteiger partial charge in [-0.25, -0.2) is 0 Å². The van der Waals surface area contributed by atoms with Gasteiger partial charge < -0.3 is 14.5 Å². The Kier molecular flexibility index (Phi) is 16.4. The molecule has 0 aromatic carbocycles. The van der Waals surface area contributed by atoms with Gasteiger partial charge in [0.25, 0.3) is 0 Å². The number of likely N-dealkylation sites (tertiary alicyclic amines) is 2. The van der Waals surface area contributed by atoms with Crippen molar-refractivity contribution in [1.29, 1.82) is 0 Å². The number of hydrogen-bond donors (Lipinski definition) is 0. The Bertz CT molecular complexity index is 568. The minimum Gasteiger partial charge on any atom is -0.465 e. The second kappa shape index (κ2) is 19.1. The maximum Gasteiger partial charge on any atom is 0.311 e. The van der Waals surface area contributed by atoms with E-state index in [1.54, 1.807) is 0 Å². The van der Waals surface area contributed by atoms with E-state index in [4.69, 9.17) is 4.74 Å². The lowest BCUT2D eigenvalue weighted by molar-refractivity contribution is -0.148. The quantitative estimate of drug-likeness (QED) is 0.126. The zero-order valence-electron chi connectivity index (χ0n) is 23.2. The zero-order chi connectivity index (χ0) is 25.1. The molecule has 5 nitrogen and oxygen atoms in total. The van der Waals surface area contributed by atoms with Crippen molar-refractivity contribution in [2.75, 3.05) is 33.3 Å². The molecule has 2 unspecified atom stereocenters. The summed E-state index contributed by atoms with van der Waals surface area (Å²) in [7, 11) is 2.14. The molecule has 0 radical (unpaired) electrons. The first-order valence-electron chi connectivity index (χ1n) is 15.3. The fourth-order valence-corrected chi connectivity index (χ4v) is 5.75. The highest BCUT2D eigenvalue weighted by Crippen LogP contribution is 2.22. The smallest absolute Gasteiger partial charge is 0.311 e. The molecule has 2 heterocycles. The molecule has 2 fully saturated rings. The average molecular weight is 493 g/mol. The van der Waals surface area contributed by atoms with Crippen molar-refractivity contribution in [3.63, 3.8) is 0 Å². The molecule has 2 aliphatic heterocycles. The van der Waals surface area contributed by atoms with Crippen LogP contribution in [0.1, 0.15) is 135 Å². The maximum atomic E-state index is 12.4. The number of amides is 1. The molecule has 5 heteroatoms. The van der Waals surface area contributed by atoms with Crippen LogP contribution in [0.25, 0.3) is 0 Å². The van der Waals surface area contributed by atoms with Gasteiger partial charge in [0.05, 0.1) is 12.5 Å². The Morgan fingerprint density at radius 2 is 1.40 bits per heavy atom. The van der Waals surface area contributed by atoms with Crippen LogP contribution in [0.5, 0.6) is 0 Å². The summed E-state index contributed by atoms with van der Waals surface area (Å²) in [6.45, 7) is 5.26. The van der Waals surface area contributed by atoms with Crippen molar-refractivity contribution in [2.24, 2.45) is 5.92 Å². The summed E-state index contributed by atoms with van der Waals surface area (Å²) in [5.74, 6) is -0.304. The summed E-state index contributed by atoms with van der Waals surface area (Å²) in [4.78, 5) is 29.0. The van der Waals surface area contributed by atoms with E-state index < -0.39 is 0 Å². The van der Waals surface area contributed by atoms with E-state index in [0.717, 1.165) is 25.9 Å². The first-order chi connectivity index (χ1) is 17.1. The summed E-state index contributed by atoms with van der Waals surface area (Å²) in [5.41, 5.74) is 0. The summed E-state index contributed by atoms with van der Waals surface area (Å²) in [6.07, 6.45) is 25.4. The van der Waals surface area contributed by atoms with E-state index in [-0.39, 0.29) is 17.8 Å². The first-order valence-corrected chi connectivity index (χ1v) is 15.3. The molecule has 2 rings (SSSR count). The highest BCUT2D eigenvalue weighted by Gasteiger charge is 2.35. The third kappa shape index (κ3) is 13.1. The molecule has 2 atom stereocenters. The molecule has 35 heavy (non-hydrogen) atoms. The molecule has 0 N–H and O–H groups in total. The fraction of sp³-hybridized carbons (Fsp3) is 0.933. The highest BCUT2D eigenvalue weighted by molar-refractivity contribution is 5.86. The Morgan fingerprint density at radius 3 is 1.91 bits per heavy atom. The van der Waals surface area contributed by atoms with Crippen LogP contribution in [0.4, 0.5) is 0 Å². The second-order valence-electron chi connectivity index (χ2n) is 11.3. The van der Waals surface area contributed by atoms with Crippen LogP contribution in [-0.2, 0) is 14.3 Å². The number of rotatable bonds is 21. The van der Waals surface area contributed by atoms with Crippen LogP contribution in [-0.4, -0.2) is 61.0 Å². The van der Waals surface area contributed by atoms with Crippen molar-refractivity contribution in [1.82, 2.24) is 9.80 Å². The third-order valence-corrected chi connectivity index (χ3v) is 8.20. The number of esters is 1. The van der Waals surface area contributed by atoms with Gasteiger partial charge in [0, 0.05) is 25.6 Å². The van der Waals surface area contributed by atoms with Crippen LogP contribution < -0.4 is 0 Å². The van der Waals surface area contributed by atoms with E-state index >= 15 is 0 Å². The molecule has 1 amide bonds. The van der Waals surface area contributed by atoms with Crippen molar-refractivity contribution in [2.45, 2.75) is 141 Å². The monoisotopic (exact) mass is 492 g/mol. The van der Waals surface area contributed by atoms with E-state index in [1.165, 1.54) is 109 Å². The molecule has 0 aromatic heterocycles. The number of unbranched alkanes of at least 4 members (excludes halogenated alkanes) is 15. The normalized spacial score (nSPS) is 20.7. The number of hydrogen-bond acceptors (Lipinski definition) is 4. The van der Waals surface area contributed by atoms with E-state index in [2.05, 4.69) is 18.9 Å². The molecular weight excluding hydrogens is 436 g/mol. The number of nitrogens with zero attached hydrogens (tertiary/aromatic N) is 2. The van der Waals surface area contributed by atoms with Gasteiger partial charge in [0.1, 0.15) is 0 Å². The molecule has 0 bridgehead atoms. The van der Waals surface area contributed by atoms with Crippen LogP contribution in [0.3, 0.4) is 0 Å². The Morgan fingerprint density at radius 1 is 0.857 bits per heavy atom. The van der Waals surface area contributed by atoms with Gasteiger partial charge in [-0.1, -0.05) is 103 Å². The maximum absolute atomic E-state index is 12.4. The van der Waals surface area contributed by atoms with Gasteiger partial charge in [0.15, 0.2) is 0 Å². The number of carbonyl (C=O) groups is 2. The summed E-state index contributed by atoms with van der Waals surface area (Å²) in [6, 6.07) is 0.541. The lowest BCUT2D eigenvalue weighted by Crippen LogP contribution is -2.29. The molecule has 0 saturated carbocycles. The standard InChI is InChI=1S/C30H56N2O3/c1-3-4-5-6-7-8-9-10-11-12-13-14-15-16-17-18-23-32-26-27(25-29(32)33)30(34)35-24-21-28-20-19-22-31(28)2/h27-28H,3-26H2,1-2H3. The average Bonchev–Trinajstić information content (AvgIpc) is 3.43. The van der Waals surface area contributed by atoms with Crippen molar-refractivity contribution in [3.8, 4) is 0 Å². The van der Waals surface area contributed by atoms with Crippen LogP contribution in [0, 0.1) is 5.92 Å². The first kappa shape index (κ1) is 30.1. The van der Waals surface area contributed by atoms with E-state index in [1.807, 2.05) is 4.90 Å². The van der Waals surface area contributed by atoms with Crippen molar-refractivity contribution >= 4 is 11.9 Å². The minimum absolute atomic E-state index is 0.128. The lowest BCUT2D eigenvalue weighted by atomic mass is 10.0. The van der Waals surface area contributed by atoms with E-state index in [9.17, 15) is 9.59 Å². The zero-order valence-corrected chi connectivity index (χ0v) is 23.2. The number of ether oxygens (including phenoxy) is 1. The summed E-state index contributed by atoms with van der Waals surface area (Å²) < 4.78 is 5.52. The minimum atomic E-state index is -0.259. The van der Waals surface area contributed by atoms with Crippen LogP contribution in [0.2, 0.25) is 0 Å². The highest BCUT2D eigenvalue weighted by atomic mass is 16.5. The largest absolute Gasteiger partial charge is 0.465 e. The van der Waals surface area contributed by atoms with Gasteiger partial charge in [-0.15, -0.1) is 0 Å². The third-order valence-electron chi connectivity index (χ3n) is 8.20. The topological polar surface area (TPSA) is 49.9 Å². The number of carbonyl (C=O) groups excluding carboxylic acids is 2. The molecule has 2 aliphatic rings. The van der Waals surface area contributed by atoms with Crippen LogP contribution in [0.15, 0.2) is 0 Å². The summed E-state index contributed by atoms with van der Waals surface area (Å²) in [5, 5.41) is 0. The van der Waals surface area contributed by atoms with Crippen LogP contribution >= 0.6 is 0 Å². The van der Waals surface area contributed by atoms with Gasteiger partial charge in [-0.05, 0) is 39.3 Å². The Hall–Kier alpha value is -1.10. The molecule has 204 valence electrons. The van der Waals surface area contributed by atoms with Gasteiger partial charge in [0.2, 0.25) is 5.91 Å². The molecule has 2 saturated heterocycles. The molecule has 0 aromatic rings. The van der Waals surface area contributed by atoms with Gasteiger partial charge >= 0.3 is 5.97 Å². The molecule has 0 spiro atoms. The lowest BCUT2D eigenvalue weighted by Gasteiger charge is -2.19. The van der Waals surface area contributed by atoms with E-state index in [0.29, 0.717) is 25.6 Å². The SMILES string of the molecule is CCCCCCCCCCCCCCCCCCN1CC(C(=O)OCCC2CCCN2C)CC1=O. The molecular formula is C30H56N2O3. The van der Waals surface area contributed by atoms with Gasteiger partial charge in [-0.3, -0.25) is 9.59 Å². The van der Waals surface area contributed by atoms with Gasteiger partial charge in [-0.2, -0.15) is 0 Å². The van der Waals surface area contributed by atoms with Crippen molar-refractivity contribution in [3.05, 3.63) is 0 Å². The Balaban J connectivity index is 1.37. The second-order valence-corrected chi connectivity index (χ2v) is 11.3. The molecule has 0 aliphatic carbocycles. The summed E-state index contributed by atoms with van der Waals surface area (Å²) >= 11 is 0. The predicted octanol–water partition coefficient (Wildman–Crippen LogP) is 7.12. The predicted molar refractivity (Wildman–Crippen MR) is 145 cm³/mol.